The highest BCUT2D eigenvalue weighted by atomic mass is 16.7. The predicted octanol–water partition coefficient (Wildman–Crippen LogP) is 3.70. The molecule has 1 aliphatic rings. The summed E-state index contributed by atoms with van der Waals surface area (Å²) in [5.74, 6) is 1.80. The van der Waals surface area contributed by atoms with Gasteiger partial charge in [0, 0.05) is 42.6 Å². The fourth-order valence-electron chi connectivity index (χ4n) is 4.21. The van der Waals surface area contributed by atoms with Crippen LogP contribution in [0.3, 0.4) is 0 Å². The van der Waals surface area contributed by atoms with Gasteiger partial charge in [0.25, 0.3) is 0 Å². The molecule has 1 saturated heterocycles. The van der Waals surface area contributed by atoms with Gasteiger partial charge < -0.3 is 19.6 Å². The second-order valence-corrected chi connectivity index (χ2v) is 8.23. The molecule has 1 fully saturated rings. The fraction of sp³-hybridized carbons (Fsp3) is 0.737. The van der Waals surface area contributed by atoms with Gasteiger partial charge in [0.1, 0.15) is 17.6 Å². The molecule has 0 unspecified atom stereocenters. The van der Waals surface area contributed by atoms with Crippen LogP contribution in [0.15, 0.2) is 4.42 Å². The molecule has 1 aromatic heterocycles. The van der Waals surface area contributed by atoms with E-state index in [1.807, 2.05) is 13.8 Å². The molecule has 0 atom stereocenters. The van der Waals surface area contributed by atoms with Crippen LogP contribution in [0.2, 0.25) is 0 Å². The average Bonchev–Trinajstić information content (AvgIpc) is 2.68. The van der Waals surface area contributed by atoms with Gasteiger partial charge in [0.05, 0.1) is 0 Å². The maximum atomic E-state index is 12.3. The smallest absolute Gasteiger partial charge is 0.462 e. The van der Waals surface area contributed by atoms with Gasteiger partial charge in [0.15, 0.2) is 5.75 Å². The summed E-state index contributed by atoms with van der Waals surface area (Å²) in [5.41, 5.74) is 6.39. The average molecular weight is 352 g/mol. The lowest BCUT2D eigenvalue weighted by molar-refractivity contribution is -0.0872. The van der Waals surface area contributed by atoms with Crippen molar-refractivity contribution in [3.8, 4) is 5.75 Å². The Balaban J connectivity index is 2.06. The minimum absolute atomic E-state index is 0.107. The van der Waals surface area contributed by atoms with Crippen molar-refractivity contribution in [2.75, 3.05) is 13.1 Å². The molecule has 0 bridgehead atoms. The summed E-state index contributed by atoms with van der Waals surface area (Å²) in [7, 11) is 0. The molecule has 1 aliphatic heterocycles. The van der Waals surface area contributed by atoms with E-state index in [1.165, 1.54) is 0 Å². The van der Waals surface area contributed by atoms with Crippen LogP contribution in [0, 0.1) is 20.8 Å². The maximum absolute atomic E-state index is 12.3. The van der Waals surface area contributed by atoms with Gasteiger partial charge in [0.2, 0.25) is 0 Å². The van der Waals surface area contributed by atoms with Crippen molar-refractivity contribution in [2.24, 2.45) is 5.73 Å². The number of carbonyl (C=O) groups excluding carboxylic acids is 1. The molecule has 0 aliphatic carbocycles. The van der Waals surface area contributed by atoms with Crippen LogP contribution in [0.4, 0.5) is 4.79 Å². The minimum Gasteiger partial charge on any atom is -0.462 e. The number of rotatable bonds is 4. The molecule has 25 heavy (non-hydrogen) atoms. The van der Waals surface area contributed by atoms with E-state index in [0.717, 1.165) is 30.7 Å². The third-order valence-corrected chi connectivity index (χ3v) is 5.21. The predicted molar refractivity (Wildman–Crippen MR) is 97.0 cm³/mol. The summed E-state index contributed by atoms with van der Waals surface area (Å²) in [5, 5.41) is 0. The normalized spacial score (nSPS) is 20.5. The van der Waals surface area contributed by atoms with Crippen LogP contribution in [0.1, 0.15) is 57.6 Å². The highest BCUT2D eigenvalue weighted by Crippen LogP contribution is 2.39. The lowest BCUT2D eigenvalue weighted by Crippen LogP contribution is -2.63. The minimum atomic E-state index is -0.670. The Morgan fingerprint density at radius 2 is 1.72 bits per heavy atom. The van der Waals surface area contributed by atoms with Crippen molar-refractivity contribution >= 4 is 6.16 Å². The van der Waals surface area contributed by atoms with Gasteiger partial charge in [-0.25, -0.2) is 4.79 Å². The van der Waals surface area contributed by atoms with Crippen LogP contribution in [0.5, 0.6) is 5.75 Å². The number of furan rings is 1. The van der Waals surface area contributed by atoms with Crippen molar-refractivity contribution in [1.82, 2.24) is 4.90 Å². The quantitative estimate of drug-likeness (QED) is 0.833. The zero-order valence-electron chi connectivity index (χ0n) is 16.6. The van der Waals surface area contributed by atoms with Crippen molar-refractivity contribution in [1.29, 1.82) is 0 Å². The van der Waals surface area contributed by atoms with Crippen LogP contribution in [0.25, 0.3) is 0 Å². The van der Waals surface area contributed by atoms with E-state index < -0.39 is 6.16 Å². The Morgan fingerprint density at radius 3 is 2.16 bits per heavy atom. The van der Waals surface area contributed by atoms with E-state index >= 15 is 0 Å². The first-order valence-electron chi connectivity index (χ1n) is 8.91. The van der Waals surface area contributed by atoms with E-state index in [1.54, 1.807) is 6.92 Å². The largest absolute Gasteiger partial charge is 0.514 e. The Kier molecular flexibility index (Phi) is 5.54. The molecular weight excluding hydrogens is 320 g/mol. The van der Waals surface area contributed by atoms with Crippen molar-refractivity contribution in [3.05, 3.63) is 17.1 Å². The van der Waals surface area contributed by atoms with E-state index in [0.29, 0.717) is 18.1 Å². The molecule has 0 amide bonds. The second kappa shape index (κ2) is 7.00. The lowest BCUT2D eigenvalue weighted by atomic mass is 9.78. The highest BCUT2D eigenvalue weighted by Gasteiger charge is 2.46. The number of hydrogen-bond acceptors (Lipinski definition) is 6. The van der Waals surface area contributed by atoms with E-state index in [9.17, 15) is 4.79 Å². The Morgan fingerprint density at radius 1 is 1.16 bits per heavy atom. The van der Waals surface area contributed by atoms with Crippen LogP contribution >= 0.6 is 0 Å². The molecule has 0 spiro atoms. The van der Waals surface area contributed by atoms with Gasteiger partial charge in [-0.15, -0.1) is 0 Å². The number of aryl methyl sites for hydroxylation is 2. The molecule has 6 heteroatoms. The molecule has 2 heterocycles. The first-order chi connectivity index (χ1) is 11.5. The first kappa shape index (κ1) is 19.8. The van der Waals surface area contributed by atoms with E-state index in [-0.39, 0.29) is 17.2 Å². The molecule has 6 nitrogen and oxygen atoms in total. The third-order valence-electron chi connectivity index (χ3n) is 5.21. The molecule has 2 rings (SSSR count). The van der Waals surface area contributed by atoms with Crippen molar-refractivity contribution in [3.63, 3.8) is 0 Å². The second-order valence-electron chi connectivity index (χ2n) is 8.23. The molecule has 0 radical (unpaired) electrons. The van der Waals surface area contributed by atoms with Crippen LogP contribution in [-0.4, -0.2) is 41.3 Å². The van der Waals surface area contributed by atoms with Gasteiger partial charge in [-0.2, -0.15) is 0 Å². The number of piperidine rings is 1. The highest BCUT2D eigenvalue weighted by molar-refractivity contribution is 5.65. The Labute approximate surface area is 150 Å². The number of ether oxygens (including phenoxy) is 2. The molecule has 0 aromatic carbocycles. The summed E-state index contributed by atoms with van der Waals surface area (Å²) in [6, 6.07) is 0. The number of likely N-dealkylation sites (tertiary alicyclic amines) is 1. The zero-order valence-corrected chi connectivity index (χ0v) is 16.6. The Hall–Kier alpha value is -1.53. The molecule has 142 valence electrons. The number of nitrogens with two attached hydrogens (primary N) is 1. The fourth-order valence-corrected chi connectivity index (χ4v) is 4.21. The lowest BCUT2D eigenvalue weighted by Gasteiger charge is -2.54. The molecular formula is C19H32N2O4. The SMILES string of the molecule is Cc1oc(C)c(OC(=O)OC2CC(C)(C)N(CCN)C(C)(C)C2)c1C. The van der Waals surface area contributed by atoms with E-state index in [4.69, 9.17) is 19.6 Å². The number of hydrogen-bond donors (Lipinski definition) is 1. The monoisotopic (exact) mass is 352 g/mol. The summed E-state index contributed by atoms with van der Waals surface area (Å²) >= 11 is 0. The molecule has 0 saturated carbocycles. The third kappa shape index (κ3) is 4.18. The zero-order chi connectivity index (χ0) is 19.0. The van der Waals surface area contributed by atoms with Crippen molar-refractivity contribution in [2.45, 2.75) is 78.5 Å². The Bertz CT molecular complexity index is 616. The van der Waals surface area contributed by atoms with Crippen LogP contribution in [-0.2, 0) is 4.74 Å². The number of carbonyl (C=O) groups is 1. The maximum Gasteiger partial charge on any atom is 0.514 e. The summed E-state index contributed by atoms with van der Waals surface area (Å²) in [6.45, 7) is 15.6. The first-order valence-corrected chi connectivity index (χ1v) is 8.91. The van der Waals surface area contributed by atoms with Gasteiger partial charge in [-0.05, 0) is 48.5 Å². The summed E-state index contributed by atoms with van der Waals surface area (Å²) in [4.78, 5) is 14.7. The summed E-state index contributed by atoms with van der Waals surface area (Å²) in [6.07, 6.45) is 0.623. The molecule has 1 aromatic rings. The van der Waals surface area contributed by atoms with E-state index in [2.05, 4.69) is 32.6 Å². The summed E-state index contributed by atoms with van der Waals surface area (Å²) < 4.78 is 16.6. The van der Waals surface area contributed by atoms with Gasteiger partial charge >= 0.3 is 6.16 Å². The van der Waals surface area contributed by atoms with Gasteiger partial charge in [-0.1, -0.05) is 0 Å². The standard InChI is InChI=1S/C19H32N2O4/c1-12-13(2)23-14(3)16(12)25-17(22)24-15-10-18(4,5)21(9-8-20)19(6,7)11-15/h15H,8-11,20H2,1-7H3. The molecule has 2 N–H and O–H groups in total. The topological polar surface area (TPSA) is 77.9 Å². The number of nitrogens with zero attached hydrogens (tertiary/aromatic N) is 1. The van der Waals surface area contributed by atoms with Crippen LogP contribution < -0.4 is 10.5 Å². The van der Waals surface area contributed by atoms with Gasteiger partial charge in [-0.3, -0.25) is 4.90 Å². The van der Waals surface area contributed by atoms with Crippen molar-refractivity contribution < 1.29 is 18.7 Å².